The Morgan fingerprint density at radius 3 is 2.89 bits per heavy atom. The summed E-state index contributed by atoms with van der Waals surface area (Å²) in [4.78, 5) is 8.55. The second-order valence-corrected chi connectivity index (χ2v) is 5.40. The Bertz CT molecular complexity index is 500. The predicted octanol–water partition coefficient (Wildman–Crippen LogP) is 2.84. The molecule has 0 N–H and O–H groups in total. The van der Waals surface area contributed by atoms with Crippen LogP contribution >= 0.6 is 0 Å². The van der Waals surface area contributed by atoms with Gasteiger partial charge in [0.05, 0.1) is 0 Å². The smallest absolute Gasteiger partial charge is 0.138 e. The summed E-state index contributed by atoms with van der Waals surface area (Å²) >= 11 is 0. The van der Waals surface area contributed by atoms with Crippen LogP contribution in [0.25, 0.3) is 0 Å². The molecule has 19 heavy (non-hydrogen) atoms. The molecule has 0 radical (unpaired) electrons. The highest BCUT2D eigenvalue weighted by molar-refractivity contribution is 5.13. The molecule has 3 rings (SSSR count). The SMILES string of the molecule is c1cncc(Cc2ncnn2CC2CCCCC2)c1. The highest BCUT2D eigenvalue weighted by atomic mass is 15.3. The van der Waals surface area contributed by atoms with E-state index in [1.165, 1.54) is 37.7 Å². The summed E-state index contributed by atoms with van der Waals surface area (Å²) in [5, 5.41) is 4.39. The molecule has 4 nitrogen and oxygen atoms in total. The molecule has 0 amide bonds. The van der Waals surface area contributed by atoms with Crippen LogP contribution in [0.1, 0.15) is 43.5 Å². The molecule has 1 fully saturated rings. The van der Waals surface area contributed by atoms with Gasteiger partial charge in [-0.2, -0.15) is 5.10 Å². The third kappa shape index (κ3) is 3.19. The van der Waals surface area contributed by atoms with E-state index < -0.39 is 0 Å². The van der Waals surface area contributed by atoms with Gasteiger partial charge in [-0.05, 0) is 30.4 Å². The predicted molar refractivity (Wildman–Crippen MR) is 73.6 cm³/mol. The fraction of sp³-hybridized carbons (Fsp3) is 0.533. The van der Waals surface area contributed by atoms with E-state index in [9.17, 15) is 0 Å². The van der Waals surface area contributed by atoms with Crippen molar-refractivity contribution in [3.63, 3.8) is 0 Å². The van der Waals surface area contributed by atoms with Crippen molar-refractivity contribution in [1.82, 2.24) is 19.7 Å². The fourth-order valence-corrected chi connectivity index (χ4v) is 2.88. The van der Waals surface area contributed by atoms with E-state index in [4.69, 9.17) is 0 Å². The van der Waals surface area contributed by atoms with E-state index in [0.29, 0.717) is 0 Å². The van der Waals surface area contributed by atoms with Crippen LogP contribution in [0, 0.1) is 5.92 Å². The molecule has 0 saturated heterocycles. The van der Waals surface area contributed by atoms with Crippen LogP contribution in [0.3, 0.4) is 0 Å². The average molecular weight is 256 g/mol. The van der Waals surface area contributed by atoms with Gasteiger partial charge in [0.1, 0.15) is 12.2 Å². The molecule has 100 valence electrons. The summed E-state index contributed by atoms with van der Waals surface area (Å²) in [6, 6.07) is 4.06. The van der Waals surface area contributed by atoms with Gasteiger partial charge in [0.25, 0.3) is 0 Å². The summed E-state index contributed by atoms with van der Waals surface area (Å²) in [7, 11) is 0. The van der Waals surface area contributed by atoms with Crippen molar-refractivity contribution >= 4 is 0 Å². The largest absolute Gasteiger partial charge is 0.264 e. The molecular weight excluding hydrogens is 236 g/mol. The Hall–Kier alpha value is -1.71. The van der Waals surface area contributed by atoms with Crippen molar-refractivity contribution in [3.05, 3.63) is 42.2 Å². The Balaban J connectivity index is 1.68. The first kappa shape index (κ1) is 12.3. The lowest BCUT2D eigenvalue weighted by molar-refractivity contribution is 0.304. The standard InChI is InChI=1S/C15H20N4/c1-2-5-13(6-3-1)11-19-15(17-12-18-19)9-14-7-4-8-16-10-14/h4,7-8,10,12-13H,1-3,5-6,9,11H2. The van der Waals surface area contributed by atoms with E-state index in [2.05, 4.69) is 25.8 Å². The van der Waals surface area contributed by atoms with Crippen molar-refractivity contribution in [1.29, 1.82) is 0 Å². The number of rotatable bonds is 4. The topological polar surface area (TPSA) is 43.6 Å². The molecule has 2 heterocycles. The molecule has 1 aliphatic rings. The lowest BCUT2D eigenvalue weighted by Crippen LogP contribution is -2.17. The maximum Gasteiger partial charge on any atom is 0.138 e. The van der Waals surface area contributed by atoms with Crippen LogP contribution in [0.15, 0.2) is 30.9 Å². The first-order chi connectivity index (χ1) is 9.42. The van der Waals surface area contributed by atoms with Crippen molar-refractivity contribution in [2.75, 3.05) is 0 Å². The molecule has 1 saturated carbocycles. The van der Waals surface area contributed by atoms with Crippen molar-refractivity contribution in [2.45, 2.75) is 45.1 Å². The van der Waals surface area contributed by atoms with Gasteiger partial charge < -0.3 is 0 Å². The number of aromatic nitrogens is 4. The van der Waals surface area contributed by atoms with Crippen LogP contribution in [0.5, 0.6) is 0 Å². The van der Waals surface area contributed by atoms with Gasteiger partial charge in [-0.15, -0.1) is 0 Å². The molecule has 0 aromatic carbocycles. The third-order valence-electron chi connectivity index (χ3n) is 3.94. The fourth-order valence-electron chi connectivity index (χ4n) is 2.88. The molecule has 4 heteroatoms. The van der Waals surface area contributed by atoms with E-state index in [1.807, 2.05) is 12.3 Å². The molecule has 0 atom stereocenters. The minimum absolute atomic E-state index is 0.781. The lowest BCUT2D eigenvalue weighted by Gasteiger charge is -2.21. The number of hydrogen-bond donors (Lipinski definition) is 0. The van der Waals surface area contributed by atoms with E-state index in [-0.39, 0.29) is 0 Å². The molecule has 2 aromatic rings. The van der Waals surface area contributed by atoms with Gasteiger partial charge in [-0.25, -0.2) is 9.67 Å². The minimum Gasteiger partial charge on any atom is -0.264 e. The van der Waals surface area contributed by atoms with E-state index >= 15 is 0 Å². The summed E-state index contributed by atoms with van der Waals surface area (Å²) in [6.45, 7) is 1.02. The van der Waals surface area contributed by atoms with Crippen molar-refractivity contribution in [2.24, 2.45) is 5.92 Å². The number of pyridine rings is 1. The van der Waals surface area contributed by atoms with Gasteiger partial charge in [-0.1, -0.05) is 25.3 Å². The maximum atomic E-state index is 4.40. The third-order valence-corrected chi connectivity index (χ3v) is 3.94. The quantitative estimate of drug-likeness (QED) is 0.845. The second-order valence-electron chi connectivity index (χ2n) is 5.40. The molecule has 0 spiro atoms. The molecule has 0 bridgehead atoms. The molecular formula is C15H20N4. The van der Waals surface area contributed by atoms with Gasteiger partial charge in [-0.3, -0.25) is 4.98 Å². The van der Waals surface area contributed by atoms with Gasteiger partial charge in [0, 0.05) is 25.4 Å². The molecule has 1 aliphatic carbocycles. The summed E-state index contributed by atoms with van der Waals surface area (Å²) < 4.78 is 2.09. The summed E-state index contributed by atoms with van der Waals surface area (Å²) in [5.74, 6) is 1.83. The van der Waals surface area contributed by atoms with Crippen molar-refractivity contribution < 1.29 is 0 Å². The van der Waals surface area contributed by atoms with Crippen LogP contribution in [0.4, 0.5) is 0 Å². The second kappa shape index (κ2) is 5.95. The number of hydrogen-bond acceptors (Lipinski definition) is 3. The number of nitrogens with zero attached hydrogens (tertiary/aromatic N) is 4. The lowest BCUT2D eigenvalue weighted by atomic mass is 9.89. The summed E-state index contributed by atoms with van der Waals surface area (Å²) in [6.07, 6.45) is 13.0. The minimum atomic E-state index is 0.781. The van der Waals surface area contributed by atoms with Gasteiger partial charge in [0.2, 0.25) is 0 Å². The first-order valence-electron chi connectivity index (χ1n) is 7.17. The zero-order chi connectivity index (χ0) is 12.9. The van der Waals surface area contributed by atoms with Gasteiger partial charge >= 0.3 is 0 Å². The van der Waals surface area contributed by atoms with E-state index in [0.717, 1.165) is 24.7 Å². The highest BCUT2D eigenvalue weighted by Crippen LogP contribution is 2.25. The Labute approximate surface area is 113 Å². The van der Waals surface area contributed by atoms with E-state index in [1.54, 1.807) is 12.5 Å². The molecule has 0 aliphatic heterocycles. The Morgan fingerprint density at radius 1 is 1.21 bits per heavy atom. The Kier molecular flexibility index (Phi) is 3.86. The van der Waals surface area contributed by atoms with Crippen LogP contribution in [-0.4, -0.2) is 19.7 Å². The highest BCUT2D eigenvalue weighted by Gasteiger charge is 2.16. The summed E-state index contributed by atoms with van der Waals surface area (Å²) in [5.41, 5.74) is 1.19. The van der Waals surface area contributed by atoms with Crippen LogP contribution in [-0.2, 0) is 13.0 Å². The van der Waals surface area contributed by atoms with Gasteiger partial charge in [0.15, 0.2) is 0 Å². The Morgan fingerprint density at radius 2 is 2.11 bits per heavy atom. The molecule has 2 aromatic heterocycles. The average Bonchev–Trinajstić information content (AvgIpc) is 2.88. The van der Waals surface area contributed by atoms with Crippen molar-refractivity contribution in [3.8, 4) is 0 Å². The van der Waals surface area contributed by atoms with Crippen LogP contribution < -0.4 is 0 Å². The zero-order valence-corrected chi connectivity index (χ0v) is 11.2. The maximum absolute atomic E-state index is 4.40. The normalized spacial score (nSPS) is 16.6. The van der Waals surface area contributed by atoms with Crippen LogP contribution in [0.2, 0.25) is 0 Å². The first-order valence-corrected chi connectivity index (χ1v) is 7.17. The zero-order valence-electron chi connectivity index (χ0n) is 11.2. The molecule has 0 unspecified atom stereocenters. The monoisotopic (exact) mass is 256 g/mol.